The molecule has 3 atom stereocenters. The highest BCUT2D eigenvalue weighted by atomic mass is 31.2. The lowest BCUT2D eigenvalue weighted by atomic mass is 10.0. The fourth-order valence-corrected chi connectivity index (χ4v) is 9.81. The Morgan fingerprint density at radius 1 is 0.473 bits per heavy atom. The number of hydrogen-bond donors (Lipinski definition) is 3. The first-order valence-corrected chi connectivity index (χ1v) is 32.8. The maximum absolute atomic E-state index is 13.0. The van der Waals surface area contributed by atoms with Crippen molar-refractivity contribution in [2.75, 3.05) is 40.9 Å². The second-order valence-electron chi connectivity index (χ2n) is 22.4. The number of likely N-dealkylation sites (N-methyl/N-ethyl adjacent to an activating group) is 1. The fourth-order valence-electron chi connectivity index (χ4n) is 9.07. The third kappa shape index (κ3) is 57.6. The zero-order valence-corrected chi connectivity index (χ0v) is 50.2. The van der Waals surface area contributed by atoms with E-state index in [0.717, 1.165) is 83.5 Å². The number of carbonyl (C=O) groups excluding carboxylic acids is 1. The van der Waals surface area contributed by atoms with Crippen molar-refractivity contribution in [2.45, 2.75) is 296 Å². The molecule has 432 valence electrons. The Kier molecular flexibility index (Phi) is 54.1. The minimum absolute atomic E-state index is 0.0563. The van der Waals surface area contributed by atoms with E-state index in [2.05, 4.69) is 79.9 Å². The number of aliphatic hydroxyl groups excluding tert-OH is 1. The Hall–Kier alpha value is -2.06. The third-order valence-corrected chi connectivity index (χ3v) is 14.9. The molecule has 0 aromatic heterocycles. The molecule has 0 aliphatic rings. The van der Waals surface area contributed by atoms with Crippen LogP contribution in [0.5, 0.6) is 0 Å². The SMILES string of the molecule is CC/C=C\C/C=C\C/C=C\C/C=C\C/C=C\CCCCCCCCCC(=O)NC(COP(=O)(O)OCC[N+](C)(C)C)C(O)/C=C/CCCCCCCCCCCCCCCCCCCCCCCCCCCCC. The van der Waals surface area contributed by atoms with Crippen LogP contribution in [0.25, 0.3) is 0 Å². The van der Waals surface area contributed by atoms with Crippen LogP contribution in [-0.4, -0.2) is 73.4 Å². The molecule has 8 nitrogen and oxygen atoms in total. The van der Waals surface area contributed by atoms with Gasteiger partial charge in [-0.05, 0) is 64.2 Å². The van der Waals surface area contributed by atoms with Gasteiger partial charge in [-0.25, -0.2) is 4.57 Å². The van der Waals surface area contributed by atoms with Gasteiger partial charge in [-0.15, -0.1) is 0 Å². The number of allylic oxidation sites excluding steroid dienone is 11. The summed E-state index contributed by atoms with van der Waals surface area (Å²) in [5.41, 5.74) is 0. The van der Waals surface area contributed by atoms with E-state index < -0.39 is 20.0 Å². The molecule has 0 heterocycles. The first-order chi connectivity index (χ1) is 36.0. The van der Waals surface area contributed by atoms with E-state index in [1.807, 2.05) is 27.2 Å². The number of phosphoric ester groups is 1. The van der Waals surface area contributed by atoms with E-state index in [1.165, 1.54) is 180 Å². The minimum atomic E-state index is -4.36. The molecule has 0 aliphatic heterocycles. The third-order valence-electron chi connectivity index (χ3n) is 13.9. The number of nitrogens with one attached hydrogen (secondary N) is 1. The standard InChI is InChI=1S/C65H121N2O6P/c1-6-8-10-12-14-16-18-20-22-24-26-28-30-31-32-33-34-35-37-38-40-42-44-46-48-50-52-54-56-58-64(68)63(62-73-74(70,71)72-61-60-67(3,4)5)66-65(69)59-57-55-53-51-49-47-45-43-41-39-36-29-27-25-23-21-19-17-15-13-11-9-7-2/h9,11,15,17,21,23,27,29,39,41,56,58,63-64,68H,6-8,10,12-14,16,18-20,22,24-26,28,30-38,40,42-55,57,59-62H2,1-5H3,(H-,66,69,70,71)/p+1/b11-9-,17-15-,23-21-,29-27-,41-39-,58-56+. The van der Waals surface area contributed by atoms with Gasteiger partial charge in [0.15, 0.2) is 0 Å². The summed E-state index contributed by atoms with van der Waals surface area (Å²) in [7, 11) is 1.56. The van der Waals surface area contributed by atoms with Gasteiger partial charge in [0, 0.05) is 6.42 Å². The maximum Gasteiger partial charge on any atom is 0.472 e. The van der Waals surface area contributed by atoms with E-state index in [9.17, 15) is 19.4 Å². The lowest BCUT2D eigenvalue weighted by molar-refractivity contribution is -0.870. The molecular formula is C65H122N2O6P+. The highest BCUT2D eigenvalue weighted by Gasteiger charge is 2.27. The van der Waals surface area contributed by atoms with E-state index >= 15 is 0 Å². The summed E-state index contributed by atoms with van der Waals surface area (Å²) in [6.45, 7) is 4.72. The first-order valence-electron chi connectivity index (χ1n) is 31.3. The Morgan fingerprint density at radius 3 is 1.19 bits per heavy atom. The molecule has 3 N–H and O–H groups in total. The lowest BCUT2D eigenvalue weighted by Crippen LogP contribution is -2.45. The van der Waals surface area contributed by atoms with Crippen LogP contribution in [0.1, 0.15) is 284 Å². The van der Waals surface area contributed by atoms with Crippen molar-refractivity contribution >= 4 is 13.7 Å². The number of nitrogens with zero attached hydrogens (tertiary/aromatic N) is 1. The van der Waals surface area contributed by atoms with Crippen molar-refractivity contribution in [3.8, 4) is 0 Å². The summed E-state index contributed by atoms with van der Waals surface area (Å²) in [4.78, 5) is 23.3. The second kappa shape index (κ2) is 55.7. The van der Waals surface area contributed by atoms with Crippen molar-refractivity contribution in [1.29, 1.82) is 0 Å². The van der Waals surface area contributed by atoms with Crippen LogP contribution in [0.2, 0.25) is 0 Å². The van der Waals surface area contributed by atoms with Crippen LogP contribution in [0.15, 0.2) is 72.9 Å². The Labute approximate surface area is 459 Å². The summed E-state index contributed by atoms with van der Waals surface area (Å²) in [6.07, 6.45) is 77.3. The van der Waals surface area contributed by atoms with Gasteiger partial charge in [-0.2, -0.15) is 0 Å². The molecule has 0 bridgehead atoms. The number of hydrogen-bond acceptors (Lipinski definition) is 5. The summed E-state index contributed by atoms with van der Waals surface area (Å²) >= 11 is 0. The largest absolute Gasteiger partial charge is 0.472 e. The highest BCUT2D eigenvalue weighted by Crippen LogP contribution is 2.43. The number of quaternary nitrogens is 1. The highest BCUT2D eigenvalue weighted by molar-refractivity contribution is 7.47. The molecule has 0 saturated carbocycles. The summed E-state index contributed by atoms with van der Waals surface area (Å²) in [6, 6.07) is -0.858. The summed E-state index contributed by atoms with van der Waals surface area (Å²) in [5, 5.41) is 14.0. The van der Waals surface area contributed by atoms with Gasteiger partial charge in [0.05, 0.1) is 39.9 Å². The quantitative estimate of drug-likeness (QED) is 0.0243. The molecule has 74 heavy (non-hydrogen) atoms. The van der Waals surface area contributed by atoms with E-state index in [-0.39, 0.29) is 19.1 Å². The fraction of sp³-hybridized carbons (Fsp3) is 0.800. The molecule has 0 fully saturated rings. The number of aliphatic hydroxyl groups is 1. The van der Waals surface area contributed by atoms with Crippen LogP contribution in [-0.2, 0) is 18.4 Å². The number of phosphoric acid groups is 1. The Balaban J connectivity index is 4.17. The molecule has 0 aliphatic carbocycles. The first kappa shape index (κ1) is 71.9. The van der Waals surface area contributed by atoms with Gasteiger partial charge in [-0.1, -0.05) is 286 Å². The lowest BCUT2D eigenvalue weighted by Gasteiger charge is -2.25. The predicted octanol–water partition coefficient (Wildman–Crippen LogP) is 19.4. The van der Waals surface area contributed by atoms with Crippen LogP contribution in [0, 0.1) is 0 Å². The smallest absolute Gasteiger partial charge is 0.387 e. The van der Waals surface area contributed by atoms with Crippen molar-refractivity contribution < 1.29 is 32.9 Å². The molecule has 9 heteroatoms. The monoisotopic (exact) mass is 1060 g/mol. The second-order valence-corrected chi connectivity index (χ2v) is 23.9. The Morgan fingerprint density at radius 2 is 0.811 bits per heavy atom. The van der Waals surface area contributed by atoms with Gasteiger partial charge < -0.3 is 19.8 Å². The van der Waals surface area contributed by atoms with E-state index in [1.54, 1.807) is 6.08 Å². The van der Waals surface area contributed by atoms with Gasteiger partial charge in [-0.3, -0.25) is 13.8 Å². The molecule has 0 radical (unpaired) electrons. The zero-order valence-electron chi connectivity index (χ0n) is 49.3. The number of carbonyl (C=O) groups is 1. The van der Waals surface area contributed by atoms with Gasteiger partial charge in [0.2, 0.25) is 5.91 Å². The van der Waals surface area contributed by atoms with Crippen LogP contribution >= 0.6 is 7.82 Å². The van der Waals surface area contributed by atoms with Gasteiger partial charge >= 0.3 is 7.82 Å². The molecule has 0 spiro atoms. The number of amides is 1. The summed E-state index contributed by atoms with van der Waals surface area (Å²) in [5.74, 6) is -0.188. The normalized spacial score (nSPS) is 14.3. The molecule has 0 rings (SSSR count). The minimum Gasteiger partial charge on any atom is -0.387 e. The average Bonchev–Trinajstić information content (AvgIpc) is 3.36. The molecule has 0 aromatic rings. The molecule has 0 aromatic carbocycles. The van der Waals surface area contributed by atoms with E-state index in [0.29, 0.717) is 17.4 Å². The molecular weight excluding hydrogens is 936 g/mol. The van der Waals surface area contributed by atoms with Crippen LogP contribution < -0.4 is 5.32 Å². The topological polar surface area (TPSA) is 105 Å². The van der Waals surface area contributed by atoms with Crippen LogP contribution in [0.3, 0.4) is 0 Å². The summed E-state index contributed by atoms with van der Waals surface area (Å²) < 4.78 is 23.8. The van der Waals surface area contributed by atoms with Gasteiger partial charge in [0.1, 0.15) is 13.2 Å². The van der Waals surface area contributed by atoms with Crippen molar-refractivity contribution in [3.63, 3.8) is 0 Å². The molecule has 1 amide bonds. The number of unbranched alkanes of at least 4 members (excludes halogenated alkanes) is 34. The van der Waals surface area contributed by atoms with Crippen LogP contribution in [0.4, 0.5) is 0 Å². The van der Waals surface area contributed by atoms with Crippen molar-refractivity contribution in [3.05, 3.63) is 72.9 Å². The molecule has 3 unspecified atom stereocenters. The number of rotatable bonds is 57. The van der Waals surface area contributed by atoms with Crippen molar-refractivity contribution in [2.24, 2.45) is 0 Å². The zero-order chi connectivity index (χ0) is 54.2. The molecule has 0 saturated heterocycles. The predicted molar refractivity (Wildman–Crippen MR) is 323 cm³/mol. The maximum atomic E-state index is 13.0. The Bertz CT molecular complexity index is 1430. The van der Waals surface area contributed by atoms with Crippen molar-refractivity contribution in [1.82, 2.24) is 5.32 Å². The van der Waals surface area contributed by atoms with Gasteiger partial charge in [0.25, 0.3) is 0 Å². The average molecular weight is 1060 g/mol. The van der Waals surface area contributed by atoms with E-state index in [4.69, 9.17) is 9.05 Å².